The average molecular weight is 334 g/mol. The molecule has 0 aliphatic carbocycles. The number of halogens is 1. The molecule has 0 saturated carbocycles. The molecule has 0 spiro atoms. The summed E-state index contributed by atoms with van der Waals surface area (Å²) in [5.41, 5.74) is 5.19. The highest BCUT2D eigenvalue weighted by Crippen LogP contribution is 2.24. The number of hydrogen-bond donors (Lipinski definition) is 1. The second-order valence-corrected chi connectivity index (χ2v) is 5.77. The van der Waals surface area contributed by atoms with Crippen LogP contribution in [0.3, 0.4) is 0 Å². The van der Waals surface area contributed by atoms with E-state index in [9.17, 15) is 0 Å². The minimum absolute atomic E-state index is 0.660. The van der Waals surface area contributed by atoms with E-state index in [1.165, 1.54) is 5.56 Å². The molecular weight excluding hydrogens is 322 g/mol. The molecule has 0 aliphatic heterocycles. The maximum atomic E-state index is 5.42. The quantitative estimate of drug-likeness (QED) is 0.667. The molecule has 1 aromatic carbocycles. The number of aromatic nitrogens is 3. The van der Waals surface area contributed by atoms with Crippen LogP contribution in [0.1, 0.15) is 11.1 Å². The molecule has 5 heteroatoms. The van der Waals surface area contributed by atoms with Crippen LogP contribution < -0.4 is 0 Å². The van der Waals surface area contributed by atoms with Gasteiger partial charge in [-0.3, -0.25) is 4.57 Å². The number of nitrogens with zero attached hydrogens (tertiary/aromatic N) is 2. The third kappa shape index (κ3) is 2.03. The summed E-state index contributed by atoms with van der Waals surface area (Å²) in [7, 11) is 0. The number of rotatable bonds is 1. The van der Waals surface area contributed by atoms with E-state index in [1.54, 1.807) is 6.20 Å². The number of imidazole rings is 1. The summed E-state index contributed by atoms with van der Waals surface area (Å²) < 4.78 is 3.68. The fraction of sp³-hybridized carbons (Fsp3) is 0.143. The standard InChI is InChI=1S/C14H12BrN3S/c1-8-3-4-10(7-11(8)15)18-13-12(17-14(18)19)9(2)5-6-16-13/h3-7H,1-2H3,(H,17,19). The Hall–Kier alpha value is -1.46. The summed E-state index contributed by atoms with van der Waals surface area (Å²) in [5, 5.41) is 0. The molecule has 0 aliphatic rings. The van der Waals surface area contributed by atoms with E-state index in [0.29, 0.717) is 4.77 Å². The predicted molar refractivity (Wildman–Crippen MR) is 83.4 cm³/mol. The fourth-order valence-electron chi connectivity index (χ4n) is 2.09. The van der Waals surface area contributed by atoms with Gasteiger partial charge in [-0.05, 0) is 55.4 Å². The van der Waals surface area contributed by atoms with Crippen molar-refractivity contribution in [2.45, 2.75) is 13.8 Å². The number of hydrogen-bond acceptors (Lipinski definition) is 2. The van der Waals surface area contributed by atoms with Crippen LogP contribution in [0.5, 0.6) is 0 Å². The maximum absolute atomic E-state index is 5.42. The Morgan fingerprint density at radius 3 is 2.74 bits per heavy atom. The first-order valence-corrected chi connectivity index (χ1v) is 7.11. The molecule has 2 heterocycles. The normalized spacial score (nSPS) is 11.1. The fourth-order valence-corrected chi connectivity index (χ4v) is 2.75. The van der Waals surface area contributed by atoms with Gasteiger partial charge in [0.25, 0.3) is 0 Å². The highest BCUT2D eigenvalue weighted by atomic mass is 79.9. The second-order valence-electron chi connectivity index (χ2n) is 4.53. The van der Waals surface area contributed by atoms with Crippen molar-refractivity contribution in [2.75, 3.05) is 0 Å². The number of aromatic amines is 1. The zero-order valence-electron chi connectivity index (χ0n) is 10.6. The van der Waals surface area contributed by atoms with Gasteiger partial charge in [-0.2, -0.15) is 0 Å². The van der Waals surface area contributed by atoms with Gasteiger partial charge in [-0.1, -0.05) is 22.0 Å². The van der Waals surface area contributed by atoms with Crippen molar-refractivity contribution in [3.05, 3.63) is 50.8 Å². The largest absolute Gasteiger partial charge is 0.329 e. The Morgan fingerprint density at radius 1 is 1.21 bits per heavy atom. The lowest BCUT2D eigenvalue weighted by atomic mass is 10.2. The van der Waals surface area contributed by atoms with Gasteiger partial charge in [0.15, 0.2) is 10.4 Å². The Balaban J connectivity index is 2.36. The number of nitrogens with one attached hydrogen (secondary N) is 1. The molecule has 0 atom stereocenters. The summed E-state index contributed by atoms with van der Waals surface area (Å²) in [5.74, 6) is 0. The molecular formula is C14H12BrN3S. The molecule has 0 fully saturated rings. The van der Waals surface area contributed by atoms with Gasteiger partial charge in [0, 0.05) is 10.7 Å². The second kappa shape index (κ2) is 4.58. The van der Waals surface area contributed by atoms with Crippen molar-refractivity contribution < 1.29 is 0 Å². The number of benzene rings is 1. The van der Waals surface area contributed by atoms with Crippen LogP contribution in [0.2, 0.25) is 0 Å². The Kier molecular flexibility index (Phi) is 3.03. The molecule has 96 valence electrons. The molecule has 0 saturated heterocycles. The van der Waals surface area contributed by atoms with E-state index in [1.807, 2.05) is 23.6 Å². The van der Waals surface area contributed by atoms with Crippen molar-refractivity contribution in [3.63, 3.8) is 0 Å². The lowest BCUT2D eigenvalue weighted by Gasteiger charge is -2.06. The molecule has 0 bridgehead atoms. The molecule has 19 heavy (non-hydrogen) atoms. The molecule has 0 radical (unpaired) electrons. The van der Waals surface area contributed by atoms with Crippen molar-refractivity contribution in [2.24, 2.45) is 0 Å². The Labute approximate surface area is 124 Å². The molecule has 3 rings (SSSR count). The number of pyridine rings is 1. The van der Waals surface area contributed by atoms with Gasteiger partial charge in [0.05, 0.1) is 11.2 Å². The molecule has 2 aromatic heterocycles. The maximum Gasteiger partial charge on any atom is 0.184 e. The zero-order chi connectivity index (χ0) is 13.6. The zero-order valence-corrected chi connectivity index (χ0v) is 13.0. The summed E-state index contributed by atoms with van der Waals surface area (Å²) >= 11 is 8.98. The summed E-state index contributed by atoms with van der Waals surface area (Å²) in [6.45, 7) is 4.11. The average Bonchev–Trinajstić information content (AvgIpc) is 2.71. The van der Waals surface area contributed by atoms with Gasteiger partial charge < -0.3 is 4.98 Å². The van der Waals surface area contributed by atoms with Crippen molar-refractivity contribution in [3.8, 4) is 5.69 Å². The monoisotopic (exact) mass is 333 g/mol. The first-order valence-electron chi connectivity index (χ1n) is 5.91. The lowest BCUT2D eigenvalue weighted by molar-refractivity contribution is 1.04. The number of aryl methyl sites for hydroxylation is 2. The van der Waals surface area contributed by atoms with E-state index in [0.717, 1.165) is 26.9 Å². The third-order valence-electron chi connectivity index (χ3n) is 3.20. The van der Waals surface area contributed by atoms with Crippen LogP contribution in [0, 0.1) is 18.6 Å². The Morgan fingerprint density at radius 2 is 2.00 bits per heavy atom. The van der Waals surface area contributed by atoms with Crippen LogP contribution >= 0.6 is 28.1 Å². The predicted octanol–water partition coefficient (Wildman–Crippen LogP) is 4.46. The first-order chi connectivity index (χ1) is 9.08. The van der Waals surface area contributed by atoms with Crippen LogP contribution in [0.15, 0.2) is 34.9 Å². The SMILES string of the molecule is Cc1ccc(-n2c(=S)[nH]c3c(C)ccnc32)cc1Br. The Bertz CT molecular complexity index is 832. The van der Waals surface area contributed by atoms with Crippen molar-refractivity contribution >= 4 is 39.3 Å². The van der Waals surface area contributed by atoms with Crippen LogP contribution in [0.25, 0.3) is 16.9 Å². The highest BCUT2D eigenvalue weighted by molar-refractivity contribution is 9.10. The van der Waals surface area contributed by atoms with Crippen LogP contribution in [-0.2, 0) is 0 Å². The van der Waals surface area contributed by atoms with Gasteiger partial charge in [0.2, 0.25) is 0 Å². The topological polar surface area (TPSA) is 33.6 Å². The third-order valence-corrected chi connectivity index (χ3v) is 4.34. The number of H-pyrrole nitrogens is 1. The van der Waals surface area contributed by atoms with Gasteiger partial charge >= 0.3 is 0 Å². The van der Waals surface area contributed by atoms with Gasteiger partial charge in [-0.15, -0.1) is 0 Å². The van der Waals surface area contributed by atoms with Crippen LogP contribution in [-0.4, -0.2) is 14.5 Å². The molecule has 1 N–H and O–H groups in total. The highest BCUT2D eigenvalue weighted by Gasteiger charge is 2.10. The molecule has 0 unspecified atom stereocenters. The summed E-state index contributed by atoms with van der Waals surface area (Å²) in [4.78, 5) is 7.67. The lowest BCUT2D eigenvalue weighted by Crippen LogP contribution is -1.96. The first kappa shape index (κ1) is 12.6. The smallest absolute Gasteiger partial charge is 0.184 e. The van der Waals surface area contributed by atoms with E-state index in [2.05, 4.69) is 45.0 Å². The number of fused-ring (bicyclic) bond motifs is 1. The summed E-state index contributed by atoms with van der Waals surface area (Å²) in [6, 6.07) is 8.15. The minimum atomic E-state index is 0.660. The molecule has 3 nitrogen and oxygen atoms in total. The van der Waals surface area contributed by atoms with E-state index < -0.39 is 0 Å². The van der Waals surface area contributed by atoms with Crippen molar-refractivity contribution in [1.82, 2.24) is 14.5 Å². The van der Waals surface area contributed by atoms with E-state index >= 15 is 0 Å². The van der Waals surface area contributed by atoms with Gasteiger partial charge in [-0.25, -0.2) is 4.98 Å². The minimum Gasteiger partial charge on any atom is -0.329 e. The van der Waals surface area contributed by atoms with E-state index in [-0.39, 0.29) is 0 Å². The molecule has 0 amide bonds. The van der Waals surface area contributed by atoms with Gasteiger partial charge in [0.1, 0.15) is 0 Å². The molecule has 3 aromatic rings. The van der Waals surface area contributed by atoms with Crippen LogP contribution in [0.4, 0.5) is 0 Å². The van der Waals surface area contributed by atoms with Crippen molar-refractivity contribution in [1.29, 1.82) is 0 Å². The van der Waals surface area contributed by atoms with E-state index in [4.69, 9.17) is 12.2 Å². The summed E-state index contributed by atoms with van der Waals surface area (Å²) in [6.07, 6.45) is 1.81.